The summed E-state index contributed by atoms with van der Waals surface area (Å²) in [5, 5.41) is 0. The van der Waals surface area contributed by atoms with Gasteiger partial charge >= 0.3 is 11.9 Å². The van der Waals surface area contributed by atoms with E-state index in [9.17, 15) is 14.4 Å². The van der Waals surface area contributed by atoms with E-state index in [1.807, 2.05) is 54.6 Å². The van der Waals surface area contributed by atoms with Crippen LogP contribution in [0.15, 0.2) is 108 Å². The monoisotopic (exact) mass is 566 g/mol. The number of hydrogen-bond donors (Lipinski definition) is 0. The molecule has 0 bridgehead atoms. The highest BCUT2D eigenvalue weighted by Crippen LogP contribution is 2.79. The van der Waals surface area contributed by atoms with Gasteiger partial charge in [0.2, 0.25) is 0 Å². The van der Waals surface area contributed by atoms with Gasteiger partial charge in [0, 0.05) is 21.5 Å². The van der Waals surface area contributed by atoms with Crippen LogP contribution in [0.1, 0.15) is 34.3 Å². The van der Waals surface area contributed by atoms with E-state index in [-0.39, 0.29) is 12.4 Å². The summed E-state index contributed by atoms with van der Waals surface area (Å²) in [5.74, 6) is -2.29. The van der Waals surface area contributed by atoms with E-state index in [0.29, 0.717) is 22.4 Å². The molecule has 1 aliphatic heterocycles. The van der Waals surface area contributed by atoms with Gasteiger partial charge in [-0.15, -0.1) is 0 Å². The molecule has 1 saturated carbocycles. The quantitative estimate of drug-likeness (QED) is 0.115. The van der Waals surface area contributed by atoms with E-state index >= 15 is 0 Å². The summed E-state index contributed by atoms with van der Waals surface area (Å²) in [5.41, 5.74) is 0.194. The Morgan fingerprint density at radius 1 is 0.842 bits per heavy atom. The number of rotatable bonds is 6. The zero-order valence-corrected chi connectivity index (χ0v) is 22.1. The fraction of sp³-hybridized carbons (Fsp3) is 0.156. The van der Waals surface area contributed by atoms with E-state index in [4.69, 9.17) is 9.47 Å². The maximum absolute atomic E-state index is 14.7. The van der Waals surface area contributed by atoms with Crippen molar-refractivity contribution >= 4 is 33.7 Å². The van der Waals surface area contributed by atoms with Gasteiger partial charge in [0.1, 0.15) is 5.75 Å². The second-order valence-electron chi connectivity index (χ2n) is 9.48. The molecule has 1 fully saturated rings. The number of esters is 2. The van der Waals surface area contributed by atoms with Gasteiger partial charge in [-0.1, -0.05) is 101 Å². The Labute approximate surface area is 228 Å². The van der Waals surface area contributed by atoms with Crippen molar-refractivity contribution in [2.75, 3.05) is 6.61 Å². The SMILES string of the molecule is CCOC(=O)C12C(=O)Oc3ccc(Br)cc3C1C2(C(=O)c1ccc(-c2ccccc2)cc1)c1ccccc1. The predicted octanol–water partition coefficient (Wildman–Crippen LogP) is 6.50. The fourth-order valence-electron chi connectivity index (χ4n) is 6.05. The van der Waals surface area contributed by atoms with E-state index < -0.39 is 28.7 Å². The Morgan fingerprint density at radius 3 is 2.13 bits per heavy atom. The van der Waals surface area contributed by atoms with Crippen molar-refractivity contribution in [3.05, 3.63) is 124 Å². The average molecular weight is 567 g/mol. The molecule has 0 radical (unpaired) electrons. The van der Waals surface area contributed by atoms with E-state index in [2.05, 4.69) is 15.9 Å². The van der Waals surface area contributed by atoms with Crippen molar-refractivity contribution in [3.63, 3.8) is 0 Å². The summed E-state index contributed by atoms with van der Waals surface area (Å²) in [6, 6.07) is 31.4. The summed E-state index contributed by atoms with van der Waals surface area (Å²) >= 11 is 3.50. The van der Waals surface area contributed by atoms with E-state index in [0.717, 1.165) is 15.6 Å². The van der Waals surface area contributed by atoms with Crippen LogP contribution in [0.3, 0.4) is 0 Å². The van der Waals surface area contributed by atoms with Crippen LogP contribution in [0.5, 0.6) is 5.75 Å². The van der Waals surface area contributed by atoms with Gasteiger partial charge in [0.15, 0.2) is 11.2 Å². The van der Waals surface area contributed by atoms with Gasteiger partial charge in [0.05, 0.1) is 12.0 Å². The second-order valence-corrected chi connectivity index (χ2v) is 10.4. The molecule has 4 aromatic rings. The van der Waals surface area contributed by atoms with Crippen molar-refractivity contribution < 1.29 is 23.9 Å². The van der Waals surface area contributed by atoms with Crippen molar-refractivity contribution in [1.82, 2.24) is 0 Å². The first kappa shape index (κ1) is 24.3. The van der Waals surface area contributed by atoms with Gasteiger partial charge in [-0.3, -0.25) is 14.4 Å². The summed E-state index contributed by atoms with van der Waals surface area (Å²) in [6.45, 7) is 1.75. The minimum absolute atomic E-state index is 0.0662. The molecular formula is C32H23BrO5. The van der Waals surface area contributed by atoms with Crippen LogP contribution >= 0.6 is 15.9 Å². The van der Waals surface area contributed by atoms with Gasteiger partial charge in [-0.2, -0.15) is 0 Å². The summed E-state index contributed by atoms with van der Waals surface area (Å²) < 4.78 is 12.0. The topological polar surface area (TPSA) is 69.7 Å². The van der Waals surface area contributed by atoms with Crippen LogP contribution in [0.25, 0.3) is 11.1 Å². The highest BCUT2D eigenvalue weighted by atomic mass is 79.9. The number of ether oxygens (including phenoxy) is 2. The number of benzene rings is 4. The van der Waals surface area contributed by atoms with Crippen molar-refractivity contribution in [3.8, 4) is 16.9 Å². The minimum Gasteiger partial charge on any atom is -0.465 e. The summed E-state index contributed by atoms with van der Waals surface area (Å²) in [6.07, 6.45) is 0. The van der Waals surface area contributed by atoms with Crippen molar-refractivity contribution in [2.45, 2.75) is 18.3 Å². The number of ketones is 1. The van der Waals surface area contributed by atoms with Crippen LogP contribution in [0.2, 0.25) is 0 Å². The molecule has 5 nitrogen and oxygen atoms in total. The van der Waals surface area contributed by atoms with E-state index in [1.165, 1.54) is 0 Å². The largest absolute Gasteiger partial charge is 0.465 e. The normalized spacial score (nSPS) is 23.0. The Bertz CT molecular complexity index is 1560. The lowest BCUT2D eigenvalue weighted by Gasteiger charge is -2.23. The highest BCUT2D eigenvalue weighted by molar-refractivity contribution is 9.10. The molecule has 0 amide bonds. The smallest absolute Gasteiger partial charge is 0.331 e. The fourth-order valence-corrected chi connectivity index (χ4v) is 6.43. The van der Waals surface area contributed by atoms with Gasteiger partial charge in [-0.05, 0) is 41.8 Å². The number of fused-ring (bicyclic) bond motifs is 3. The third-order valence-electron chi connectivity index (χ3n) is 7.65. The van der Waals surface area contributed by atoms with Crippen LogP contribution in [0, 0.1) is 5.41 Å². The molecule has 0 saturated heterocycles. The molecule has 1 aliphatic carbocycles. The van der Waals surface area contributed by atoms with Crippen LogP contribution in [0.4, 0.5) is 0 Å². The first-order chi connectivity index (χ1) is 18.5. The molecule has 0 N–H and O–H groups in total. The predicted molar refractivity (Wildman–Crippen MR) is 146 cm³/mol. The molecule has 0 spiro atoms. The Hall–Kier alpha value is -4.03. The number of carbonyl (C=O) groups is 3. The number of Topliss-reactive ketones (excluding diaryl/α,β-unsaturated/α-hetero) is 1. The average Bonchev–Trinajstić information content (AvgIpc) is 3.62. The third kappa shape index (κ3) is 3.26. The summed E-state index contributed by atoms with van der Waals surface area (Å²) in [7, 11) is 0. The Morgan fingerprint density at radius 2 is 1.47 bits per heavy atom. The first-order valence-electron chi connectivity index (χ1n) is 12.4. The highest BCUT2D eigenvalue weighted by Gasteiger charge is 2.91. The van der Waals surface area contributed by atoms with Gasteiger partial charge in [0.25, 0.3) is 0 Å². The number of hydrogen-bond acceptors (Lipinski definition) is 5. The molecule has 0 aromatic heterocycles. The van der Waals surface area contributed by atoms with Crippen LogP contribution in [-0.2, 0) is 19.7 Å². The molecule has 4 aromatic carbocycles. The minimum atomic E-state index is -1.84. The van der Waals surface area contributed by atoms with Gasteiger partial charge < -0.3 is 9.47 Å². The number of carbonyl (C=O) groups excluding carboxylic acids is 3. The molecule has 2 aliphatic rings. The van der Waals surface area contributed by atoms with Crippen LogP contribution in [-0.4, -0.2) is 24.3 Å². The Balaban J connectivity index is 1.57. The second kappa shape index (κ2) is 9.07. The number of halogens is 1. The van der Waals surface area contributed by atoms with Gasteiger partial charge in [-0.25, -0.2) is 0 Å². The van der Waals surface area contributed by atoms with E-state index in [1.54, 1.807) is 55.5 Å². The standard InChI is InChI=1S/C32H23BrO5/c1-2-37-29(35)32-27(25-19-24(33)17-18-26(25)38-30(32)36)31(32,23-11-7-4-8-12-23)28(34)22-15-13-21(14-16-22)20-9-5-3-6-10-20/h3-19,27H,2H2,1H3. The third-order valence-corrected chi connectivity index (χ3v) is 8.14. The zero-order valence-electron chi connectivity index (χ0n) is 20.5. The lowest BCUT2D eigenvalue weighted by atomic mass is 9.79. The summed E-state index contributed by atoms with van der Waals surface area (Å²) in [4.78, 5) is 42.2. The molecule has 38 heavy (non-hydrogen) atoms. The Kier molecular flexibility index (Phi) is 5.80. The molecular weight excluding hydrogens is 544 g/mol. The maximum atomic E-state index is 14.7. The maximum Gasteiger partial charge on any atom is 0.331 e. The molecule has 3 unspecified atom stereocenters. The lowest BCUT2D eigenvalue weighted by molar-refractivity contribution is -0.161. The lowest BCUT2D eigenvalue weighted by Crippen LogP contribution is -2.42. The molecule has 6 rings (SSSR count). The zero-order chi connectivity index (χ0) is 26.5. The first-order valence-corrected chi connectivity index (χ1v) is 13.2. The van der Waals surface area contributed by atoms with Crippen LogP contribution < -0.4 is 4.74 Å². The molecule has 6 heteroatoms. The van der Waals surface area contributed by atoms with Crippen molar-refractivity contribution in [2.24, 2.45) is 5.41 Å². The molecule has 1 heterocycles. The molecule has 3 atom stereocenters. The molecule has 188 valence electrons. The van der Waals surface area contributed by atoms with Crippen molar-refractivity contribution in [1.29, 1.82) is 0 Å².